The molecule has 7 nitrogen and oxygen atoms in total. The second-order valence-electron chi connectivity index (χ2n) is 3.84. The molecule has 0 N–H and O–H groups in total. The Labute approximate surface area is 110 Å². The normalized spacial score (nSPS) is 12.7. The lowest BCUT2D eigenvalue weighted by molar-refractivity contribution is -0.384. The van der Waals surface area contributed by atoms with Gasteiger partial charge >= 0.3 is 0 Å². The lowest BCUT2D eigenvalue weighted by atomic mass is 10.1. The Hall–Kier alpha value is -1.96. The number of rotatable bonds is 7. The third-order valence-corrected chi connectivity index (χ3v) is 4.47. The fraction of sp³-hybridized carbons (Fsp3) is 0.364. The first kappa shape index (κ1) is 15.1. The molecule has 0 heterocycles. The Morgan fingerprint density at radius 1 is 1.37 bits per heavy atom. The molecule has 0 aliphatic rings. The first-order valence-corrected chi connectivity index (χ1v) is 7.12. The van der Waals surface area contributed by atoms with Crippen molar-refractivity contribution < 1.29 is 22.9 Å². The monoisotopic (exact) mass is 287 g/mol. The van der Waals surface area contributed by atoms with Gasteiger partial charge in [0.25, 0.3) is 12.2 Å². The van der Waals surface area contributed by atoms with E-state index in [1.54, 1.807) is 0 Å². The largest absolute Gasteiger partial charge is 0.448 e. The molecular formula is C11H13NO6S. The minimum absolute atomic E-state index is 0.0516. The van der Waals surface area contributed by atoms with Crippen LogP contribution < -0.4 is 0 Å². The molecule has 0 aliphatic carbocycles. The molecule has 1 rings (SSSR count). The van der Waals surface area contributed by atoms with Crippen LogP contribution in [-0.2, 0) is 25.8 Å². The average Bonchev–Trinajstić information content (AvgIpc) is 2.37. The lowest BCUT2D eigenvalue weighted by Crippen LogP contribution is -2.24. The molecule has 0 saturated heterocycles. The Morgan fingerprint density at radius 2 is 1.95 bits per heavy atom. The van der Waals surface area contributed by atoms with Crippen molar-refractivity contribution in [3.63, 3.8) is 0 Å². The number of non-ortho nitro benzene ring substituents is 1. The molecule has 1 aromatic carbocycles. The molecule has 104 valence electrons. The lowest BCUT2D eigenvalue weighted by Gasteiger charge is -2.10. The van der Waals surface area contributed by atoms with Gasteiger partial charge in [0.1, 0.15) is 0 Å². The van der Waals surface area contributed by atoms with E-state index in [0.29, 0.717) is 5.56 Å². The van der Waals surface area contributed by atoms with Crippen LogP contribution in [0.1, 0.15) is 12.5 Å². The maximum Gasteiger partial charge on any atom is 0.294 e. The van der Waals surface area contributed by atoms with Gasteiger partial charge in [0.15, 0.2) is 15.3 Å². The molecule has 1 unspecified atom stereocenters. The van der Waals surface area contributed by atoms with E-state index in [9.17, 15) is 23.3 Å². The second kappa shape index (κ2) is 6.28. The van der Waals surface area contributed by atoms with E-state index in [0.717, 1.165) is 0 Å². The molecule has 0 amide bonds. The van der Waals surface area contributed by atoms with Crippen LogP contribution in [0.4, 0.5) is 5.69 Å². The Bertz CT molecular complexity index is 551. The summed E-state index contributed by atoms with van der Waals surface area (Å²) in [5, 5.41) is 10.5. The molecule has 0 bridgehead atoms. The summed E-state index contributed by atoms with van der Waals surface area (Å²) in [5.41, 5.74) is -0.584. The molecule has 0 aromatic heterocycles. The summed E-state index contributed by atoms with van der Waals surface area (Å²) < 4.78 is 27.7. The van der Waals surface area contributed by atoms with Gasteiger partial charge in [0.2, 0.25) is 0 Å². The highest BCUT2D eigenvalue weighted by Gasteiger charge is 2.21. The molecule has 0 radical (unpaired) electrons. The summed E-state index contributed by atoms with van der Waals surface area (Å²) in [5.74, 6) is -0.195. The Kier molecular flexibility index (Phi) is 4.99. The topological polar surface area (TPSA) is 104 Å². The third kappa shape index (κ3) is 4.32. The van der Waals surface area contributed by atoms with E-state index < -0.39 is 20.2 Å². The van der Waals surface area contributed by atoms with Crippen molar-refractivity contribution in [3.05, 3.63) is 39.9 Å². The zero-order valence-electron chi connectivity index (χ0n) is 10.2. The van der Waals surface area contributed by atoms with Crippen LogP contribution in [0.5, 0.6) is 0 Å². The van der Waals surface area contributed by atoms with Crippen LogP contribution in [0.2, 0.25) is 0 Å². The molecule has 0 saturated carbocycles. The highest BCUT2D eigenvalue weighted by Crippen LogP contribution is 2.13. The van der Waals surface area contributed by atoms with Gasteiger partial charge in [0.05, 0.1) is 10.7 Å². The van der Waals surface area contributed by atoms with Crippen LogP contribution >= 0.6 is 0 Å². The fourth-order valence-electron chi connectivity index (χ4n) is 1.37. The number of carbonyl (C=O) groups excluding carboxylic acids is 1. The van der Waals surface area contributed by atoms with Crippen molar-refractivity contribution in [2.24, 2.45) is 0 Å². The fourth-order valence-corrected chi connectivity index (χ4v) is 2.44. The van der Waals surface area contributed by atoms with Gasteiger partial charge in [-0.05, 0) is 18.9 Å². The van der Waals surface area contributed by atoms with Crippen molar-refractivity contribution >= 4 is 22.0 Å². The van der Waals surface area contributed by atoms with Gasteiger partial charge in [-0.15, -0.1) is 0 Å². The van der Waals surface area contributed by atoms with Gasteiger partial charge in [-0.1, -0.05) is 12.1 Å². The number of nitro groups is 1. The van der Waals surface area contributed by atoms with Gasteiger partial charge in [-0.25, -0.2) is 8.42 Å². The van der Waals surface area contributed by atoms with Crippen molar-refractivity contribution in [2.45, 2.75) is 18.8 Å². The number of benzene rings is 1. The number of hydrogen-bond acceptors (Lipinski definition) is 6. The van der Waals surface area contributed by atoms with Crippen molar-refractivity contribution in [2.75, 3.05) is 5.75 Å². The molecule has 0 fully saturated rings. The Balaban J connectivity index is 2.66. The number of hydrogen-bond donors (Lipinski definition) is 0. The van der Waals surface area contributed by atoms with Crippen LogP contribution in [0.25, 0.3) is 0 Å². The van der Waals surface area contributed by atoms with E-state index in [-0.39, 0.29) is 24.3 Å². The molecular weight excluding hydrogens is 274 g/mol. The summed E-state index contributed by atoms with van der Waals surface area (Å²) in [7, 11) is -3.53. The van der Waals surface area contributed by atoms with Gasteiger partial charge in [-0.2, -0.15) is 0 Å². The minimum Gasteiger partial charge on any atom is -0.448 e. The minimum atomic E-state index is -3.53. The van der Waals surface area contributed by atoms with Gasteiger partial charge < -0.3 is 4.74 Å². The summed E-state index contributed by atoms with van der Waals surface area (Å²) in [6.45, 7) is 1.37. The summed E-state index contributed by atoms with van der Waals surface area (Å²) in [6.07, 6.45) is 0.201. The van der Waals surface area contributed by atoms with Crippen molar-refractivity contribution in [3.8, 4) is 0 Å². The zero-order chi connectivity index (χ0) is 14.5. The standard InChI is InChI=1S/C11H13NO6S/c1-9(18-8-13)19(16,17)7-6-10-2-4-11(5-3-10)12(14)15/h2-5,8-9H,6-7H2,1H3. The molecule has 0 aliphatic heterocycles. The smallest absolute Gasteiger partial charge is 0.294 e. The van der Waals surface area contributed by atoms with E-state index in [4.69, 9.17) is 0 Å². The number of sulfone groups is 1. The first-order chi connectivity index (χ1) is 8.86. The Morgan fingerprint density at radius 3 is 2.42 bits per heavy atom. The van der Waals surface area contributed by atoms with Crippen molar-refractivity contribution in [1.29, 1.82) is 0 Å². The third-order valence-electron chi connectivity index (χ3n) is 2.58. The second-order valence-corrected chi connectivity index (χ2v) is 6.24. The van der Waals surface area contributed by atoms with Crippen LogP contribution in [-0.4, -0.2) is 31.0 Å². The SMILES string of the molecule is CC(OC=O)S(=O)(=O)CCc1ccc([N+](=O)[O-])cc1. The molecule has 1 aromatic rings. The maximum atomic E-state index is 11.7. The maximum absolute atomic E-state index is 11.7. The number of nitro benzene ring substituents is 1. The average molecular weight is 287 g/mol. The van der Waals surface area contributed by atoms with Gasteiger partial charge in [-0.3, -0.25) is 14.9 Å². The highest BCUT2D eigenvalue weighted by molar-refractivity contribution is 7.91. The molecule has 19 heavy (non-hydrogen) atoms. The highest BCUT2D eigenvalue weighted by atomic mass is 32.2. The molecule has 8 heteroatoms. The number of carbonyl (C=O) groups is 1. The zero-order valence-corrected chi connectivity index (χ0v) is 11.0. The summed E-state index contributed by atoms with van der Waals surface area (Å²) in [6, 6.07) is 5.62. The molecule has 0 spiro atoms. The summed E-state index contributed by atoms with van der Waals surface area (Å²) >= 11 is 0. The van der Waals surface area contributed by atoms with E-state index in [1.165, 1.54) is 31.2 Å². The number of aryl methyl sites for hydroxylation is 1. The predicted molar refractivity (Wildman–Crippen MR) is 67.2 cm³/mol. The number of ether oxygens (including phenoxy) is 1. The van der Waals surface area contributed by atoms with Crippen LogP contribution in [0.3, 0.4) is 0 Å². The number of nitrogens with zero attached hydrogens (tertiary/aromatic N) is 1. The van der Waals surface area contributed by atoms with E-state index >= 15 is 0 Å². The van der Waals surface area contributed by atoms with Gasteiger partial charge in [0, 0.05) is 12.1 Å². The predicted octanol–water partition coefficient (Wildman–Crippen LogP) is 1.07. The van der Waals surface area contributed by atoms with E-state index in [1.807, 2.05) is 0 Å². The molecule has 1 atom stereocenters. The quantitative estimate of drug-likeness (QED) is 0.422. The summed E-state index contributed by atoms with van der Waals surface area (Å²) in [4.78, 5) is 20.0. The van der Waals surface area contributed by atoms with Crippen molar-refractivity contribution in [1.82, 2.24) is 0 Å². The van der Waals surface area contributed by atoms with Crippen LogP contribution in [0.15, 0.2) is 24.3 Å². The van der Waals surface area contributed by atoms with E-state index in [2.05, 4.69) is 4.74 Å². The first-order valence-electron chi connectivity index (χ1n) is 5.41. The van der Waals surface area contributed by atoms with Crippen LogP contribution in [0, 0.1) is 10.1 Å².